The number of amides is 2. The molecule has 1 unspecified atom stereocenters. The van der Waals surface area contributed by atoms with Crippen LogP contribution in [0, 0.1) is 0 Å². The smallest absolute Gasteiger partial charge is 0.225 e. The Kier molecular flexibility index (Phi) is 8.04. The lowest BCUT2D eigenvalue weighted by Gasteiger charge is -2.26. The molecule has 0 spiro atoms. The summed E-state index contributed by atoms with van der Waals surface area (Å²) in [5.41, 5.74) is 3.82. The van der Waals surface area contributed by atoms with E-state index >= 15 is 0 Å². The first-order chi connectivity index (χ1) is 15.1. The zero-order chi connectivity index (χ0) is 22.1. The average molecular weight is 422 g/mol. The molecule has 0 bridgehead atoms. The van der Waals surface area contributed by atoms with Crippen molar-refractivity contribution in [2.24, 2.45) is 4.99 Å². The molecule has 2 aromatic carbocycles. The molecule has 31 heavy (non-hydrogen) atoms. The fourth-order valence-corrected chi connectivity index (χ4v) is 3.61. The Morgan fingerprint density at radius 2 is 1.97 bits per heavy atom. The van der Waals surface area contributed by atoms with Gasteiger partial charge in [-0.05, 0) is 42.7 Å². The van der Waals surface area contributed by atoms with Crippen LogP contribution in [0.1, 0.15) is 50.2 Å². The quantitative estimate of drug-likeness (QED) is 0.387. The Labute approximate surface area is 183 Å². The number of para-hydroxylation sites is 1. The molecule has 1 heterocycles. The van der Waals surface area contributed by atoms with Gasteiger partial charge < -0.3 is 21.3 Å². The summed E-state index contributed by atoms with van der Waals surface area (Å²) in [5, 5.41) is 12.5. The molecule has 3 rings (SSSR count). The van der Waals surface area contributed by atoms with Crippen molar-refractivity contribution in [1.82, 2.24) is 10.6 Å². The Morgan fingerprint density at radius 3 is 2.77 bits per heavy atom. The van der Waals surface area contributed by atoms with Crippen LogP contribution in [0.5, 0.6) is 0 Å². The minimum absolute atomic E-state index is 0.0231. The summed E-state index contributed by atoms with van der Waals surface area (Å²) in [5.74, 6) is 0.849. The predicted molar refractivity (Wildman–Crippen MR) is 125 cm³/mol. The van der Waals surface area contributed by atoms with Gasteiger partial charge in [-0.25, -0.2) is 4.99 Å². The van der Waals surface area contributed by atoms with Gasteiger partial charge >= 0.3 is 0 Å². The van der Waals surface area contributed by atoms with Crippen molar-refractivity contribution >= 4 is 29.1 Å². The van der Waals surface area contributed by atoms with E-state index in [1.165, 1.54) is 0 Å². The monoisotopic (exact) mass is 421 g/mol. The fraction of sp³-hybridized carbons (Fsp3) is 0.375. The lowest BCUT2D eigenvalue weighted by Crippen LogP contribution is -2.40. The van der Waals surface area contributed by atoms with Crippen LogP contribution in [-0.2, 0) is 16.1 Å². The summed E-state index contributed by atoms with van der Waals surface area (Å²) in [6.07, 6.45) is 1.78. The number of guanidine groups is 1. The molecule has 0 saturated heterocycles. The van der Waals surface area contributed by atoms with Gasteiger partial charge in [0.25, 0.3) is 0 Å². The number of aliphatic imine (C=N–C) groups is 1. The first-order valence-corrected chi connectivity index (χ1v) is 10.9. The Bertz CT molecular complexity index is 941. The van der Waals surface area contributed by atoms with E-state index < -0.39 is 0 Å². The molecule has 0 aromatic heterocycles. The van der Waals surface area contributed by atoms with E-state index in [1.54, 1.807) is 0 Å². The van der Waals surface area contributed by atoms with Gasteiger partial charge in [0, 0.05) is 43.2 Å². The molecule has 1 atom stereocenters. The Balaban J connectivity index is 1.63. The highest BCUT2D eigenvalue weighted by atomic mass is 16.2. The number of hydrogen-bond acceptors (Lipinski definition) is 3. The van der Waals surface area contributed by atoms with Gasteiger partial charge in [-0.1, -0.05) is 37.3 Å². The number of carbonyl (C=O) groups is 2. The van der Waals surface area contributed by atoms with Crippen LogP contribution in [0.2, 0.25) is 0 Å². The van der Waals surface area contributed by atoms with Gasteiger partial charge in [0.05, 0.1) is 6.54 Å². The van der Waals surface area contributed by atoms with Crippen molar-refractivity contribution in [2.45, 2.75) is 45.6 Å². The highest BCUT2D eigenvalue weighted by molar-refractivity contribution is 5.95. The van der Waals surface area contributed by atoms with Gasteiger partial charge in [0.2, 0.25) is 11.8 Å². The summed E-state index contributed by atoms with van der Waals surface area (Å²) >= 11 is 0. The summed E-state index contributed by atoms with van der Waals surface area (Å²) in [6, 6.07) is 15.7. The maximum Gasteiger partial charge on any atom is 0.225 e. The zero-order valence-corrected chi connectivity index (χ0v) is 18.2. The maximum absolute atomic E-state index is 12.1. The predicted octanol–water partition coefficient (Wildman–Crippen LogP) is 3.61. The van der Waals surface area contributed by atoms with Crippen LogP contribution in [0.4, 0.5) is 11.4 Å². The number of hydrogen-bond donors (Lipinski definition) is 4. The number of nitrogens with zero attached hydrogens (tertiary/aromatic N) is 1. The normalized spacial score (nSPS) is 15.6. The molecule has 0 fully saturated rings. The molecule has 4 N–H and O–H groups in total. The third-order valence-electron chi connectivity index (χ3n) is 5.07. The lowest BCUT2D eigenvalue weighted by atomic mass is 9.90. The zero-order valence-electron chi connectivity index (χ0n) is 18.2. The number of fused-ring (bicyclic) bond motifs is 1. The van der Waals surface area contributed by atoms with Crippen LogP contribution in [0.15, 0.2) is 53.5 Å². The first kappa shape index (κ1) is 22.3. The third kappa shape index (κ3) is 6.57. The van der Waals surface area contributed by atoms with Gasteiger partial charge in [-0.3, -0.25) is 9.59 Å². The number of rotatable bonds is 8. The summed E-state index contributed by atoms with van der Waals surface area (Å²) in [4.78, 5) is 28.6. The summed E-state index contributed by atoms with van der Waals surface area (Å²) in [6.45, 7) is 5.83. The highest BCUT2D eigenvalue weighted by Gasteiger charge is 2.24. The van der Waals surface area contributed by atoms with E-state index in [2.05, 4.69) is 32.3 Å². The topological polar surface area (TPSA) is 94.6 Å². The molecule has 1 aliphatic heterocycles. The number of anilines is 2. The van der Waals surface area contributed by atoms with Crippen molar-refractivity contribution in [3.8, 4) is 0 Å². The SMILES string of the molecule is CCCC(=O)Nc1cccc(CN=C(NCC)NCC2CC(=O)Nc3ccccc32)c1. The van der Waals surface area contributed by atoms with Crippen LogP contribution >= 0.6 is 0 Å². The highest BCUT2D eigenvalue weighted by Crippen LogP contribution is 2.31. The van der Waals surface area contributed by atoms with E-state index in [-0.39, 0.29) is 17.7 Å². The first-order valence-electron chi connectivity index (χ1n) is 10.9. The molecule has 0 aliphatic carbocycles. The van der Waals surface area contributed by atoms with Crippen LogP contribution in [0.3, 0.4) is 0 Å². The summed E-state index contributed by atoms with van der Waals surface area (Å²) in [7, 11) is 0. The van der Waals surface area contributed by atoms with Gasteiger partial charge in [0.15, 0.2) is 5.96 Å². The minimum Gasteiger partial charge on any atom is -0.357 e. The average Bonchev–Trinajstić information content (AvgIpc) is 2.75. The van der Waals surface area contributed by atoms with E-state index in [0.717, 1.165) is 35.5 Å². The Morgan fingerprint density at radius 1 is 1.13 bits per heavy atom. The standard InChI is InChI=1S/C24H31N5O2/c1-3-8-22(30)28-19-10-7-9-17(13-19)15-26-24(25-4-2)27-16-18-14-23(31)29-21-12-6-5-11-20(18)21/h5-7,9-13,18H,3-4,8,14-16H2,1-2H3,(H,28,30)(H,29,31)(H2,25,26,27). The van der Waals surface area contributed by atoms with Gasteiger partial charge in [0.1, 0.15) is 0 Å². The lowest BCUT2D eigenvalue weighted by molar-refractivity contribution is -0.117. The third-order valence-corrected chi connectivity index (χ3v) is 5.07. The van der Waals surface area contributed by atoms with Crippen molar-refractivity contribution in [3.63, 3.8) is 0 Å². The van der Waals surface area contributed by atoms with Crippen molar-refractivity contribution in [2.75, 3.05) is 23.7 Å². The molecular weight excluding hydrogens is 390 g/mol. The molecule has 2 aromatic rings. The second kappa shape index (κ2) is 11.2. The van der Waals surface area contributed by atoms with Crippen molar-refractivity contribution in [1.29, 1.82) is 0 Å². The van der Waals surface area contributed by atoms with Crippen LogP contribution in [-0.4, -0.2) is 30.9 Å². The van der Waals surface area contributed by atoms with E-state index in [0.29, 0.717) is 31.9 Å². The van der Waals surface area contributed by atoms with Gasteiger partial charge in [-0.2, -0.15) is 0 Å². The fourth-order valence-electron chi connectivity index (χ4n) is 3.61. The molecular formula is C24H31N5O2. The number of benzene rings is 2. The van der Waals surface area contributed by atoms with E-state index in [9.17, 15) is 9.59 Å². The van der Waals surface area contributed by atoms with Gasteiger partial charge in [-0.15, -0.1) is 0 Å². The Hall–Kier alpha value is -3.35. The molecule has 0 radical (unpaired) electrons. The van der Waals surface area contributed by atoms with Crippen LogP contribution in [0.25, 0.3) is 0 Å². The van der Waals surface area contributed by atoms with Crippen molar-refractivity contribution in [3.05, 3.63) is 59.7 Å². The summed E-state index contributed by atoms with van der Waals surface area (Å²) < 4.78 is 0. The van der Waals surface area contributed by atoms with Crippen molar-refractivity contribution < 1.29 is 9.59 Å². The second-order valence-electron chi connectivity index (χ2n) is 7.61. The van der Waals surface area contributed by atoms with E-state index in [4.69, 9.17) is 0 Å². The largest absolute Gasteiger partial charge is 0.357 e. The second-order valence-corrected chi connectivity index (χ2v) is 7.61. The number of nitrogens with one attached hydrogen (secondary N) is 4. The molecule has 1 aliphatic rings. The van der Waals surface area contributed by atoms with E-state index in [1.807, 2.05) is 56.3 Å². The number of carbonyl (C=O) groups excluding carboxylic acids is 2. The molecule has 7 nitrogen and oxygen atoms in total. The molecule has 7 heteroatoms. The molecule has 2 amide bonds. The molecule has 0 saturated carbocycles. The minimum atomic E-state index is 0.0231. The molecule has 164 valence electrons. The maximum atomic E-state index is 12.1. The van der Waals surface area contributed by atoms with Crippen LogP contribution < -0.4 is 21.3 Å².